The molecule has 0 saturated carbocycles. The average molecular weight is 394 g/mol. The zero-order chi connectivity index (χ0) is 21.2. The van der Waals surface area contributed by atoms with E-state index in [1.54, 1.807) is 35.2 Å². The summed E-state index contributed by atoms with van der Waals surface area (Å²) < 4.78 is 0. The van der Waals surface area contributed by atoms with Gasteiger partial charge in [-0.15, -0.1) is 0 Å². The Bertz CT molecular complexity index is 929. The molecule has 1 atom stereocenters. The second kappa shape index (κ2) is 8.07. The smallest absolute Gasteiger partial charge is 0.312 e. The summed E-state index contributed by atoms with van der Waals surface area (Å²) >= 11 is 0. The third-order valence-corrected chi connectivity index (χ3v) is 4.95. The Kier molecular flexibility index (Phi) is 5.73. The normalized spacial score (nSPS) is 16.1. The molecule has 0 spiro atoms. The summed E-state index contributed by atoms with van der Waals surface area (Å²) in [6, 6.07) is 13.8. The van der Waals surface area contributed by atoms with Crippen molar-refractivity contribution in [2.75, 3.05) is 13.1 Å². The third-order valence-electron chi connectivity index (χ3n) is 4.95. The predicted molar refractivity (Wildman–Crippen MR) is 110 cm³/mol. The zero-order valence-electron chi connectivity index (χ0n) is 16.9. The zero-order valence-corrected chi connectivity index (χ0v) is 16.9. The topological polar surface area (TPSA) is 86.7 Å². The molecular formula is C23H26N2O4. The number of amides is 2. The first-order valence-electron chi connectivity index (χ1n) is 9.64. The molecule has 0 aliphatic carbocycles. The van der Waals surface area contributed by atoms with Crippen molar-refractivity contribution in [2.45, 2.75) is 33.2 Å². The van der Waals surface area contributed by atoms with E-state index in [4.69, 9.17) is 0 Å². The van der Waals surface area contributed by atoms with E-state index in [0.717, 1.165) is 11.1 Å². The van der Waals surface area contributed by atoms with Crippen molar-refractivity contribution in [3.63, 3.8) is 0 Å². The van der Waals surface area contributed by atoms with E-state index in [9.17, 15) is 19.5 Å². The lowest BCUT2D eigenvalue weighted by Crippen LogP contribution is -2.40. The molecule has 29 heavy (non-hydrogen) atoms. The Morgan fingerprint density at radius 3 is 2.28 bits per heavy atom. The van der Waals surface area contributed by atoms with Crippen molar-refractivity contribution in [1.82, 2.24) is 10.2 Å². The summed E-state index contributed by atoms with van der Waals surface area (Å²) in [5, 5.41) is 12.5. The van der Waals surface area contributed by atoms with Gasteiger partial charge in [0.05, 0.1) is 5.92 Å². The number of carboxylic acids is 1. The summed E-state index contributed by atoms with van der Waals surface area (Å²) in [4.78, 5) is 38.4. The van der Waals surface area contributed by atoms with Gasteiger partial charge in [0.15, 0.2) is 0 Å². The highest BCUT2D eigenvalue weighted by atomic mass is 16.4. The van der Waals surface area contributed by atoms with Gasteiger partial charge in [-0.05, 0) is 40.8 Å². The highest BCUT2D eigenvalue weighted by Gasteiger charge is 2.32. The average Bonchev–Trinajstić information content (AvgIpc) is 2.70. The molecule has 6 nitrogen and oxygen atoms in total. The maximum absolute atomic E-state index is 12.9. The van der Waals surface area contributed by atoms with Crippen LogP contribution in [0.2, 0.25) is 0 Å². The van der Waals surface area contributed by atoms with Crippen LogP contribution in [0.4, 0.5) is 0 Å². The van der Waals surface area contributed by atoms with Gasteiger partial charge in [0, 0.05) is 30.8 Å². The summed E-state index contributed by atoms with van der Waals surface area (Å²) in [5.41, 5.74) is 2.50. The number of hydrogen-bond donors (Lipinski definition) is 2. The minimum atomic E-state index is -0.944. The van der Waals surface area contributed by atoms with Crippen molar-refractivity contribution in [2.24, 2.45) is 5.41 Å². The lowest BCUT2D eigenvalue weighted by atomic mass is 9.89. The largest absolute Gasteiger partial charge is 0.481 e. The monoisotopic (exact) mass is 394 g/mol. The molecule has 1 aliphatic heterocycles. The minimum absolute atomic E-state index is 0.0171. The number of nitrogens with zero attached hydrogens (tertiary/aromatic N) is 1. The van der Waals surface area contributed by atoms with Crippen molar-refractivity contribution in [3.05, 3.63) is 70.8 Å². The Morgan fingerprint density at radius 2 is 1.66 bits per heavy atom. The van der Waals surface area contributed by atoms with Crippen LogP contribution in [-0.4, -0.2) is 40.9 Å². The Labute approximate surface area is 170 Å². The minimum Gasteiger partial charge on any atom is -0.481 e. The molecule has 0 radical (unpaired) electrons. The van der Waals surface area contributed by atoms with Crippen LogP contribution >= 0.6 is 0 Å². The van der Waals surface area contributed by atoms with Crippen LogP contribution in [-0.2, 0) is 11.3 Å². The number of carbonyl (C=O) groups is 3. The molecule has 1 heterocycles. The summed E-state index contributed by atoms with van der Waals surface area (Å²) in [6.45, 7) is 7.16. The SMILES string of the molecule is CC(C)(C)CNC(=O)c1ccc(C(=O)N2Cc3ccccc3C(C(=O)O)C2)cc1. The van der Waals surface area contributed by atoms with E-state index in [1.165, 1.54) is 0 Å². The van der Waals surface area contributed by atoms with E-state index >= 15 is 0 Å². The standard InChI is InChI=1S/C23H26N2O4/c1-23(2,3)14-24-20(26)15-8-10-16(11-9-15)21(27)25-12-17-6-4-5-7-18(17)19(13-25)22(28)29/h4-11,19H,12-14H2,1-3H3,(H,24,26)(H,28,29). The molecule has 0 saturated heterocycles. The van der Waals surface area contributed by atoms with Gasteiger partial charge < -0.3 is 15.3 Å². The molecule has 6 heteroatoms. The van der Waals surface area contributed by atoms with Crippen LogP contribution < -0.4 is 5.32 Å². The molecule has 0 bridgehead atoms. The van der Waals surface area contributed by atoms with Crippen LogP contribution in [0.15, 0.2) is 48.5 Å². The predicted octanol–water partition coefficient (Wildman–Crippen LogP) is 3.29. The summed E-state index contributed by atoms with van der Waals surface area (Å²) in [7, 11) is 0. The molecule has 2 amide bonds. The molecule has 0 fully saturated rings. The van der Waals surface area contributed by atoms with Gasteiger partial charge in [-0.25, -0.2) is 0 Å². The van der Waals surface area contributed by atoms with Crippen LogP contribution in [0.1, 0.15) is 58.5 Å². The van der Waals surface area contributed by atoms with Crippen LogP contribution in [0.3, 0.4) is 0 Å². The quantitative estimate of drug-likeness (QED) is 0.833. The van der Waals surface area contributed by atoms with Gasteiger partial charge >= 0.3 is 5.97 Å². The lowest BCUT2D eigenvalue weighted by molar-refractivity contribution is -0.139. The van der Waals surface area contributed by atoms with E-state index < -0.39 is 11.9 Å². The maximum atomic E-state index is 12.9. The fourth-order valence-electron chi connectivity index (χ4n) is 3.37. The van der Waals surface area contributed by atoms with E-state index in [-0.39, 0.29) is 23.8 Å². The maximum Gasteiger partial charge on any atom is 0.312 e. The summed E-state index contributed by atoms with van der Waals surface area (Å²) in [5.74, 6) is -2.11. The number of benzene rings is 2. The molecule has 1 aliphatic rings. The number of fused-ring (bicyclic) bond motifs is 1. The molecule has 2 N–H and O–H groups in total. The molecule has 1 unspecified atom stereocenters. The Balaban J connectivity index is 1.74. The number of aliphatic carboxylic acids is 1. The number of carboxylic acid groups (broad SMARTS) is 1. The van der Waals surface area contributed by atoms with E-state index in [0.29, 0.717) is 24.2 Å². The number of hydrogen-bond acceptors (Lipinski definition) is 3. The van der Waals surface area contributed by atoms with Crippen LogP contribution in [0.25, 0.3) is 0 Å². The number of rotatable bonds is 4. The van der Waals surface area contributed by atoms with Crippen LogP contribution in [0, 0.1) is 5.41 Å². The third kappa shape index (κ3) is 4.83. The van der Waals surface area contributed by atoms with Gasteiger partial charge in [0.2, 0.25) is 0 Å². The van der Waals surface area contributed by atoms with E-state index in [1.807, 2.05) is 39.0 Å². The molecule has 2 aromatic carbocycles. The Hall–Kier alpha value is -3.15. The summed E-state index contributed by atoms with van der Waals surface area (Å²) in [6.07, 6.45) is 0. The van der Waals surface area contributed by atoms with Gasteiger partial charge in [-0.2, -0.15) is 0 Å². The fourth-order valence-corrected chi connectivity index (χ4v) is 3.37. The highest BCUT2D eigenvalue weighted by Crippen LogP contribution is 2.29. The molecule has 2 aromatic rings. The van der Waals surface area contributed by atoms with Gasteiger partial charge in [0.1, 0.15) is 0 Å². The van der Waals surface area contributed by atoms with E-state index in [2.05, 4.69) is 5.32 Å². The Morgan fingerprint density at radius 1 is 1.03 bits per heavy atom. The lowest BCUT2D eigenvalue weighted by Gasteiger charge is -2.33. The van der Waals surface area contributed by atoms with Crippen molar-refractivity contribution in [3.8, 4) is 0 Å². The van der Waals surface area contributed by atoms with Gasteiger partial charge in [-0.3, -0.25) is 14.4 Å². The van der Waals surface area contributed by atoms with Gasteiger partial charge in [0.25, 0.3) is 11.8 Å². The molecule has 152 valence electrons. The first-order valence-corrected chi connectivity index (χ1v) is 9.64. The second-order valence-corrected chi connectivity index (χ2v) is 8.60. The van der Waals surface area contributed by atoms with Gasteiger partial charge in [-0.1, -0.05) is 45.0 Å². The van der Waals surface area contributed by atoms with Crippen molar-refractivity contribution < 1.29 is 19.5 Å². The first kappa shape index (κ1) is 20.6. The molecule has 3 rings (SSSR count). The molecular weight excluding hydrogens is 368 g/mol. The molecule has 0 aromatic heterocycles. The van der Waals surface area contributed by atoms with Crippen molar-refractivity contribution >= 4 is 17.8 Å². The number of carbonyl (C=O) groups excluding carboxylic acids is 2. The van der Waals surface area contributed by atoms with Crippen molar-refractivity contribution in [1.29, 1.82) is 0 Å². The van der Waals surface area contributed by atoms with Crippen LogP contribution in [0.5, 0.6) is 0 Å². The first-order chi connectivity index (χ1) is 13.7. The highest BCUT2D eigenvalue weighted by molar-refractivity contribution is 5.98. The second-order valence-electron chi connectivity index (χ2n) is 8.60. The fraction of sp³-hybridized carbons (Fsp3) is 0.348. The number of nitrogens with one attached hydrogen (secondary N) is 1.